The van der Waals surface area contributed by atoms with E-state index in [1.54, 1.807) is 0 Å². The van der Waals surface area contributed by atoms with E-state index in [2.05, 4.69) is 14.5 Å². The van der Waals surface area contributed by atoms with E-state index in [-0.39, 0.29) is 16.3 Å². The van der Waals surface area contributed by atoms with Crippen LogP contribution in [-0.4, -0.2) is 75.6 Å². The third kappa shape index (κ3) is 5.78. The molecule has 1 aromatic carbocycles. The maximum atomic E-state index is 12.7. The Morgan fingerprint density at radius 1 is 1.06 bits per heavy atom. The van der Waals surface area contributed by atoms with Gasteiger partial charge in [0.05, 0.1) is 16.9 Å². The molecule has 9 nitrogen and oxygen atoms in total. The number of hydrogen-bond donors (Lipinski definition) is 1. The number of ether oxygens (including phenoxy) is 1. The minimum atomic E-state index is -3.75. The van der Waals surface area contributed by atoms with E-state index >= 15 is 0 Å². The van der Waals surface area contributed by atoms with Gasteiger partial charge in [-0.25, -0.2) is 13.1 Å². The van der Waals surface area contributed by atoms with Gasteiger partial charge in [0.15, 0.2) is 5.75 Å². The summed E-state index contributed by atoms with van der Waals surface area (Å²) in [5, 5.41) is 11.0. The summed E-state index contributed by atoms with van der Waals surface area (Å²) in [6.45, 7) is 6.32. The molecule has 1 aliphatic heterocycles. The summed E-state index contributed by atoms with van der Waals surface area (Å²) >= 11 is 0. The zero-order valence-electron chi connectivity index (χ0n) is 18.7. The maximum absolute atomic E-state index is 12.7. The fraction of sp³-hybridized carbons (Fsp3) is 0.727. The Balaban J connectivity index is 1.23. The van der Waals surface area contributed by atoms with Crippen molar-refractivity contribution in [2.24, 2.45) is 11.8 Å². The molecule has 0 amide bonds. The van der Waals surface area contributed by atoms with E-state index in [0.29, 0.717) is 18.5 Å². The monoisotopic (exact) mass is 466 g/mol. The second-order valence-corrected chi connectivity index (χ2v) is 11.2. The lowest BCUT2D eigenvalue weighted by Gasteiger charge is -2.42. The molecule has 1 N–H and O–H groups in total. The Hall–Kier alpha value is -1.75. The molecule has 32 heavy (non-hydrogen) atoms. The first-order valence-corrected chi connectivity index (χ1v) is 13.1. The summed E-state index contributed by atoms with van der Waals surface area (Å²) in [5.41, 5.74) is -0.252. The van der Waals surface area contributed by atoms with Gasteiger partial charge in [0.1, 0.15) is 0 Å². The Kier molecular flexibility index (Phi) is 7.34. The zero-order chi connectivity index (χ0) is 22.7. The summed E-state index contributed by atoms with van der Waals surface area (Å²) in [5.74, 6) is 1.21. The number of methoxy groups -OCH3 is 1. The molecule has 1 saturated heterocycles. The SMILES string of the molecule is COc1cc(S(=O)(=O)NCC2CCC(N3CCN(CC4CC4)CC3)CC2)ccc1[N+](=O)[O-]. The van der Waals surface area contributed by atoms with Crippen molar-refractivity contribution in [3.05, 3.63) is 28.3 Å². The first-order chi connectivity index (χ1) is 15.4. The predicted octanol–water partition coefficient (Wildman–Crippen LogP) is 2.47. The maximum Gasteiger partial charge on any atom is 0.310 e. The van der Waals surface area contributed by atoms with Crippen LogP contribution >= 0.6 is 0 Å². The Bertz CT molecular complexity index is 905. The summed E-state index contributed by atoms with van der Waals surface area (Å²) in [6, 6.07) is 4.25. The number of piperazine rings is 1. The van der Waals surface area contributed by atoms with Gasteiger partial charge in [-0.3, -0.25) is 15.0 Å². The molecule has 2 saturated carbocycles. The quantitative estimate of drug-likeness (QED) is 0.440. The Morgan fingerprint density at radius 2 is 1.72 bits per heavy atom. The highest BCUT2D eigenvalue weighted by Gasteiger charge is 2.31. The van der Waals surface area contributed by atoms with Gasteiger partial charge in [-0.2, -0.15) is 0 Å². The first kappa shape index (κ1) is 23.4. The van der Waals surface area contributed by atoms with E-state index in [1.165, 1.54) is 57.8 Å². The third-order valence-corrected chi connectivity index (χ3v) is 8.59. The molecule has 1 heterocycles. The Morgan fingerprint density at radius 3 is 2.31 bits per heavy atom. The van der Waals surface area contributed by atoms with Gasteiger partial charge >= 0.3 is 5.69 Å². The molecule has 178 valence electrons. The molecule has 0 aromatic heterocycles. The fourth-order valence-electron chi connectivity index (χ4n) is 4.98. The van der Waals surface area contributed by atoms with Gasteiger partial charge in [0, 0.05) is 57.4 Å². The van der Waals surface area contributed by atoms with Crippen LogP contribution < -0.4 is 9.46 Å². The van der Waals surface area contributed by atoms with Crippen LogP contribution in [-0.2, 0) is 10.0 Å². The lowest BCUT2D eigenvalue weighted by atomic mass is 9.85. The van der Waals surface area contributed by atoms with E-state index in [9.17, 15) is 18.5 Å². The summed E-state index contributed by atoms with van der Waals surface area (Å²) in [4.78, 5) is 15.7. The van der Waals surface area contributed by atoms with Crippen LogP contribution in [0.2, 0.25) is 0 Å². The van der Waals surface area contributed by atoms with Gasteiger partial charge in [-0.15, -0.1) is 0 Å². The van der Waals surface area contributed by atoms with Crippen molar-refractivity contribution in [1.29, 1.82) is 0 Å². The van der Waals surface area contributed by atoms with Crippen molar-refractivity contribution in [2.45, 2.75) is 49.5 Å². The number of rotatable bonds is 9. The second kappa shape index (κ2) is 10.0. The topological polar surface area (TPSA) is 105 Å². The molecule has 10 heteroatoms. The van der Waals surface area contributed by atoms with Gasteiger partial charge in [0.25, 0.3) is 0 Å². The fourth-order valence-corrected chi connectivity index (χ4v) is 6.11. The molecule has 2 aliphatic carbocycles. The van der Waals surface area contributed by atoms with Gasteiger partial charge in [0.2, 0.25) is 10.0 Å². The van der Waals surface area contributed by atoms with Crippen LogP contribution in [0.4, 0.5) is 5.69 Å². The third-order valence-electron chi connectivity index (χ3n) is 7.17. The standard InChI is InChI=1S/C22H34N4O5S/c1-31-22-14-20(8-9-21(22)26(27)28)32(29,30)23-15-17-4-6-19(7-5-17)25-12-10-24(11-13-25)16-18-2-3-18/h8-9,14,17-19,23H,2-7,10-13,15-16H2,1H3. The predicted molar refractivity (Wildman–Crippen MR) is 121 cm³/mol. The zero-order valence-corrected chi connectivity index (χ0v) is 19.6. The molecule has 0 unspecified atom stereocenters. The van der Waals surface area contributed by atoms with Crippen LogP contribution in [0.25, 0.3) is 0 Å². The van der Waals surface area contributed by atoms with E-state index in [1.807, 2.05) is 0 Å². The molecule has 3 fully saturated rings. The van der Waals surface area contributed by atoms with Gasteiger partial charge < -0.3 is 9.64 Å². The van der Waals surface area contributed by atoms with Gasteiger partial charge in [-0.1, -0.05) is 0 Å². The highest BCUT2D eigenvalue weighted by Crippen LogP contribution is 2.32. The molecule has 0 bridgehead atoms. The lowest BCUT2D eigenvalue weighted by molar-refractivity contribution is -0.385. The molecule has 1 aromatic rings. The molecule has 0 spiro atoms. The van der Waals surface area contributed by atoms with Crippen LogP contribution in [0.5, 0.6) is 5.75 Å². The summed E-state index contributed by atoms with van der Waals surface area (Å²) in [7, 11) is -2.46. The van der Waals surface area contributed by atoms with Crippen LogP contribution in [0.1, 0.15) is 38.5 Å². The minimum Gasteiger partial charge on any atom is -0.490 e. The normalized spacial score (nSPS) is 25.5. The number of nitrogens with zero attached hydrogens (tertiary/aromatic N) is 3. The largest absolute Gasteiger partial charge is 0.490 e. The Labute approximate surface area is 190 Å². The van der Waals surface area contributed by atoms with Crippen LogP contribution in [0, 0.1) is 22.0 Å². The van der Waals surface area contributed by atoms with E-state index in [4.69, 9.17) is 4.74 Å². The van der Waals surface area contributed by atoms with Crippen molar-refractivity contribution < 1.29 is 18.1 Å². The van der Waals surface area contributed by atoms with Crippen molar-refractivity contribution in [3.63, 3.8) is 0 Å². The molecule has 0 radical (unpaired) electrons. The number of nitro benzene ring substituents is 1. The second-order valence-electron chi connectivity index (χ2n) is 9.40. The van der Waals surface area contributed by atoms with Gasteiger partial charge in [-0.05, 0) is 56.4 Å². The van der Waals surface area contributed by atoms with Crippen LogP contribution in [0.3, 0.4) is 0 Å². The highest BCUT2D eigenvalue weighted by molar-refractivity contribution is 7.89. The average molecular weight is 467 g/mol. The number of nitrogens with one attached hydrogen (secondary N) is 1. The molecular formula is C22H34N4O5S. The molecule has 4 rings (SSSR count). The first-order valence-electron chi connectivity index (χ1n) is 11.6. The summed E-state index contributed by atoms with van der Waals surface area (Å²) < 4.78 is 33.1. The summed E-state index contributed by atoms with van der Waals surface area (Å²) in [6.07, 6.45) is 7.07. The molecule has 3 aliphatic rings. The van der Waals surface area contributed by atoms with Crippen LogP contribution in [0.15, 0.2) is 23.1 Å². The molecular weight excluding hydrogens is 432 g/mol. The lowest BCUT2D eigenvalue weighted by Crippen LogP contribution is -2.51. The number of sulfonamides is 1. The van der Waals surface area contributed by atoms with E-state index < -0.39 is 14.9 Å². The molecule has 0 atom stereocenters. The highest BCUT2D eigenvalue weighted by atomic mass is 32.2. The van der Waals surface area contributed by atoms with Crippen molar-refractivity contribution in [2.75, 3.05) is 46.4 Å². The van der Waals surface area contributed by atoms with E-state index in [0.717, 1.165) is 44.7 Å². The van der Waals surface area contributed by atoms with Crippen molar-refractivity contribution >= 4 is 15.7 Å². The minimum absolute atomic E-state index is 0.0160. The smallest absolute Gasteiger partial charge is 0.310 e. The number of hydrogen-bond acceptors (Lipinski definition) is 7. The number of benzene rings is 1. The average Bonchev–Trinajstić information content (AvgIpc) is 3.62. The van der Waals surface area contributed by atoms with Crippen molar-refractivity contribution in [3.8, 4) is 5.75 Å². The number of nitro groups is 1. The van der Waals surface area contributed by atoms with Crippen molar-refractivity contribution in [1.82, 2.24) is 14.5 Å².